The van der Waals surface area contributed by atoms with E-state index in [4.69, 9.17) is 13.9 Å². The molecule has 1 aromatic heterocycles. The van der Waals surface area contributed by atoms with E-state index in [-0.39, 0.29) is 11.6 Å². The van der Waals surface area contributed by atoms with Gasteiger partial charge in [-0.05, 0) is 64.0 Å². The molecule has 8 heteroatoms. The predicted molar refractivity (Wildman–Crippen MR) is 112 cm³/mol. The molecule has 1 aliphatic heterocycles. The van der Waals surface area contributed by atoms with Crippen molar-refractivity contribution in [1.82, 2.24) is 5.01 Å². The average molecular weight is 473 g/mol. The minimum Gasteiger partial charge on any atom is -0.497 e. The summed E-state index contributed by atoms with van der Waals surface area (Å²) in [5.41, 5.74) is 2.13. The van der Waals surface area contributed by atoms with Crippen LogP contribution in [-0.2, 0) is 0 Å². The monoisotopic (exact) mass is 472 g/mol. The van der Waals surface area contributed by atoms with Gasteiger partial charge in [0, 0.05) is 12.0 Å². The van der Waals surface area contributed by atoms with Gasteiger partial charge in [-0.25, -0.2) is 9.40 Å². The van der Waals surface area contributed by atoms with E-state index in [1.165, 1.54) is 17.1 Å². The third-order valence-corrected chi connectivity index (χ3v) is 5.30. The van der Waals surface area contributed by atoms with Crippen LogP contribution in [0.3, 0.4) is 0 Å². The van der Waals surface area contributed by atoms with Crippen molar-refractivity contribution < 1.29 is 23.1 Å². The van der Waals surface area contributed by atoms with Crippen LogP contribution in [0.1, 0.15) is 34.1 Å². The van der Waals surface area contributed by atoms with Crippen molar-refractivity contribution in [3.63, 3.8) is 0 Å². The SMILES string of the molecule is COc1ccc(OC)c(C2=NN(C(=O)c3ccc(Br)o3)C(c3ccc(F)cc3)C2)c1. The third-order valence-electron chi connectivity index (χ3n) is 4.87. The number of hydrogen-bond donors (Lipinski definition) is 0. The Bertz CT molecular complexity index is 1110. The molecule has 1 amide bonds. The van der Waals surface area contributed by atoms with Crippen molar-refractivity contribution in [3.05, 3.63) is 82.0 Å². The van der Waals surface area contributed by atoms with E-state index in [0.29, 0.717) is 28.3 Å². The van der Waals surface area contributed by atoms with Gasteiger partial charge in [-0.3, -0.25) is 4.79 Å². The lowest BCUT2D eigenvalue weighted by atomic mass is 9.97. The summed E-state index contributed by atoms with van der Waals surface area (Å²) in [5.74, 6) is 0.665. The number of hydrazone groups is 1. The number of furan rings is 1. The van der Waals surface area contributed by atoms with Crippen molar-refractivity contribution in [2.45, 2.75) is 12.5 Å². The van der Waals surface area contributed by atoms with Crippen LogP contribution < -0.4 is 9.47 Å². The Morgan fingerprint density at radius 1 is 1.13 bits per heavy atom. The molecule has 0 saturated heterocycles. The highest BCUT2D eigenvalue weighted by Gasteiger charge is 2.36. The molecule has 3 aromatic rings. The summed E-state index contributed by atoms with van der Waals surface area (Å²) >= 11 is 3.22. The molecule has 0 spiro atoms. The Labute approximate surface area is 181 Å². The third kappa shape index (κ3) is 3.82. The summed E-state index contributed by atoms with van der Waals surface area (Å²) in [6, 6.07) is 14.2. The molecule has 0 saturated carbocycles. The largest absolute Gasteiger partial charge is 0.497 e. The highest BCUT2D eigenvalue weighted by atomic mass is 79.9. The molecule has 1 atom stereocenters. The second-order valence-electron chi connectivity index (χ2n) is 6.64. The minimum absolute atomic E-state index is 0.150. The number of hydrogen-bond acceptors (Lipinski definition) is 5. The van der Waals surface area contributed by atoms with Gasteiger partial charge in [-0.15, -0.1) is 0 Å². The Morgan fingerprint density at radius 3 is 2.53 bits per heavy atom. The van der Waals surface area contributed by atoms with Gasteiger partial charge in [0.2, 0.25) is 0 Å². The van der Waals surface area contributed by atoms with E-state index >= 15 is 0 Å². The molecular weight excluding hydrogens is 455 g/mol. The summed E-state index contributed by atoms with van der Waals surface area (Å²) in [7, 11) is 3.15. The number of methoxy groups -OCH3 is 2. The molecule has 2 heterocycles. The number of benzene rings is 2. The van der Waals surface area contributed by atoms with Gasteiger partial charge in [0.15, 0.2) is 10.4 Å². The molecule has 2 aromatic carbocycles. The molecular formula is C22H18BrFN2O4. The summed E-state index contributed by atoms with van der Waals surface area (Å²) in [6.45, 7) is 0. The molecule has 0 fully saturated rings. The number of rotatable bonds is 5. The van der Waals surface area contributed by atoms with Crippen molar-refractivity contribution >= 4 is 27.5 Å². The quantitative estimate of drug-likeness (QED) is 0.512. The van der Waals surface area contributed by atoms with E-state index in [1.807, 2.05) is 6.07 Å². The second-order valence-corrected chi connectivity index (χ2v) is 7.42. The zero-order valence-electron chi connectivity index (χ0n) is 16.3. The van der Waals surface area contributed by atoms with Crippen LogP contribution in [0, 0.1) is 5.82 Å². The van der Waals surface area contributed by atoms with E-state index in [9.17, 15) is 9.18 Å². The fourth-order valence-electron chi connectivity index (χ4n) is 3.39. The standard InChI is InChI=1S/C22H18BrFN2O4/c1-28-15-7-8-19(29-2)16(11-15)17-12-18(13-3-5-14(24)6-4-13)26(25-17)22(27)20-9-10-21(23)30-20/h3-11,18H,12H2,1-2H3. The number of carbonyl (C=O) groups excluding carboxylic acids is 1. The topological polar surface area (TPSA) is 64.3 Å². The van der Waals surface area contributed by atoms with Gasteiger partial charge < -0.3 is 13.9 Å². The second kappa shape index (κ2) is 8.31. The zero-order chi connectivity index (χ0) is 21.3. The average Bonchev–Trinajstić information content (AvgIpc) is 3.40. The fraction of sp³-hybridized carbons (Fsp3) is 0.182. The molecule has 0 aliphatic carbocycles. The molecule has 6 nitrogen and oxygen atoms in total. The first-order valence-electron chi connectivity index (χ1n) is 9.14. The summed E-state index contributed by atoms with van der Waals surface area (Å²) < 4.78 is 30.2. The van der Waals surface area contributed by atoms with Crippen LogP contribution in [0.25, 0.3) is 0 Å². The van der Waals surface area contributed by atoms with Gasteiger partial charge in [0.1, 0.15) is 17.3 Å². The molecule has 1 aliphatic rings. The first-order valence-corrected chi connectivity index (χ1v) is 9.93. The van der Waals surface area contributed by atoms with Gasteiger partial charge >= 0.3 is 5.91 Å². The van der Waals surface area contributed by atoms with E-state index in [1.54, 1.807) is 50.6 Å². The Kier molecular flexibility index (Phi) is 5.59. The van der Waals surface area contributed by atoms with Crippen LogP contribution in [-0.4, -0.2) is 30.8 Å². The highest BCUT2D eigenvalue weighted by molar-refractivity contribution is 9.10. The minimum atomic E-state index is -0.423. The number of carbonyl (C=O) groups is 1. The summed E-state index contributed by atoms with van der Waals surface area (Å²) in [5, 5.41) is 5.97. The maximum atomic E-state index is 13.5. The van der Waals surface area contributed by atoms with E-state index in [0.717, 1.165) is 11.1 Å². The fourth-order valence-corrected chi connectivity index (χ4v) is 3.69. The van der Waals surface area contributed by atoms with Crippen molar-refractivity contribution in [2.24, 2.45) is 5.10 Å². The van der Waals surface area contributed by atoms with Crippen LogP contribution in [0.4, 0.5) is 4.39 Å². The lowest BCUT2D eigenvalue weighted by Crippen LogP contribution is -2.26. The lowest BCUT2D eigenvalue weighted by molar-refractivity contribution is 0.0677. The molecule has 0 N–H and O–H groups in total. The normalized spacial score (nSPS) is 15.8. The first kappa shape index (κ1) is 20.2. The highest BCUT2D eigenvalue weighted by Crippen LogP contribution is 2.37. The lowest BCUT2D eigenvalue weighted by Gasteiger charge is -2.21. The molecule has 1 unspecified atom stereocenters. The van der Waals surface area contributed by atoms with Crippen molar-refractivity contribution in [3.8, 4) is 11.5 Å². The zero-order valence-corrected chi connectivity index (χ0v) is 17.8. The predicted octanol–water partition coefficient (Wildman–Crippen LogP) is 5.19. The van der Waals surface area contributed by atoms with Crippen molar-refractivity contribution in [1.29, 1.82) is 0 Å². The Hall–Kier alpha value is -3.13. The number of halogens is 2. The molecule has 154 valence electrons. The van der Waals surface area contributed by atoms with Gasteiger partial charge in [-0.1, -0.05) is 12.1 Å². The van der Waals surface area contributed by atoms with E-state index in [2.05, 4.69) is 21.0 Å². The van der Waals surface area contributed by atoms with Crippen LogP contribution in [0.15, 0.2) is 68.8 Å². The molecule has 0 bridgehead atoms. The van der Waals surface area contributed by atoms with E-state index < -0.39 is 11.9 Å². The maximum Gasteiger partial charge on any atom is 0.310 e. The van der Waals surface area contributed by atoms with Gasteiger partial charge in [0.25, 0.3) is 0 Å². The van der Waals surface area contributed by atoms with Crippen LogP contribution in [0.5, 0.6) is 11.5 Å². The summed E-state index contributed by atoms with van der Waals surface area (Å²) in [6.07, 6.45) is 0.419. The molecule has 30 heavy (non-hydrogen) atoms. The Morgan fingerprint density at radius 2 is 1.90 bits per heavy atom. The maximum absolute atomic E-state index is 13.5. The van der Waals surface area contributed by atoms with Gasteiger partial charge in [0.05, 0.1) is 26.0 Å². The smallest absolute Gasteiger partial charge is 0.310 e. The van der Waals surface area contributed by atoms with Gasteiger partial charge in [-0.2, -0.15) is 5.10 Å². The molecule has 0 radical (unpaired) electrons. The number of ether oxygens (including phenoxy) is 2. The van der Waals surface area contributed by atoms with Crippen molar-refractivity contribution in [2.75, 3.05) is 14.2 Å². The number of amides is 1. The van der Waals surface area contributed by atoms with Crippen LogP contribution in [0.2, 0.25) is 0 Å². The first-order chi connectivity index (χ1) is 14.5. The van der Waals surface area contributed by atoms with Crippen LogP contribution >= 0.6 is 15.9 Å². The molecule has 4 rings (SSSR count). The summed E-state index contributed by atoms with van der Waals surface area (Å²) in [4.78, 5) is 13.1. The Balaban J connectivity index is 1.77. The number of nitrogens with zero attached hydrogens (tertiary/aromatic N) is 2.